The van der Waals surface area contributed by atoms with Gasteiger partial charge in [0.05, 0.1) is 23.4 Å². The molecule has 0 N–H and O–H groups in total. The Kier molecular flexibility index (Phi) is 2.87. The van der Waals surface area contributed by atoms with Gasteiger partial charge in [-0.3, -0.25) is 0 Å². The lowest BCUT2D eigenvalue weighted by Gasteiger charge is -2.41. The predicted octanol–water partition coefficient (Wildman–Crippen LogP) is 2.20. The summed E-state index contributed by atoms with van der Waals surface area (Å²) in [5.74, 6) is 0.782. The maximum atomic E-state index is 5.97. The van der Waals surface area contributed by atoms with Crippen LogP contribution in [-0.4, -0.2) is 33.5 Å². The molecule has 4 nitrogen and oxygen atoms in total. The molecule has 0 spiro atoms. The molecule has 2 rings (SSSR count). The van der Waals surface area contributed by atoms with Crippen LogP contribution < -0.4 is 4.90 Å². The van der Waals surface area contributed by atoms with Gasteiger partial charge in [0, 0.05) is 13.1 Å². The van der Waals surface area contributed by atoms with E-state index in [4.69, 9.17) is 16.3 Å². The Morgan fingerprint density at radius 3 is 2.80 bits per heavy atom. The van der Waals surface area contributed by atoms with Crippen LogP contribution >= 0.6 is 23.3 Å². The monoisotopic (exact) mass is 247 g/mol. The van der Waals surface area contributed by atoms with Gasteiger partial charge in [0.25, 0.3) is 0 Å². The summed E-state index contributed by atoms with van der Waals surface area (Å²) < 4.78 is 14.0. The van der Waals surface area contributed by atoms with Crippen molar-refractivity contribution in [3.8, 4) is 0 Å². The van der Waals surface area contributed by atoms with Gasteiger partial charge in [-0.2, -0.15) is 8.75 Å². The fourth-order valence-electron chi connectivity index (χ4n) is 1.98. The van der Waals surface area contributed by atoms with Crippen LogP contribution in [-0.2, 0) is 4.74 Å². The Morgan fingerprint density at radius 2 is 2.27 bits per heavy atom. The third kappa shape index (κ3) is 2.41. The summed E-state index contributed by atoms with van der Waals surface area (Å²) >= 11 is 7.12. The molecule has 0 amide bonds. The number of hydrogen-bond acceptors (Lipinski definition) is 5. The highest BCUT2D eigenvalue weighted by molar-refractivity contribution is 6.99. The molecule has 0 radical (unpaired) electrons. The van der Waals surface area contributed by atoms with Gasteiger partial charge < -0.3 is 9.64 Å². The van der Waals surface area contributed by atoms with Crippen LogP contribution in [0.5, 0.6) is 0 Å². The Morgan fingerprint density at radius 1 is 1.53 bits per heavy atom. The molecule has 0 aromatic carbocycles. The summed E-state index contributed by atoms with van der Waals surface area (Å²) in [6.07, 6.45) is 0.187. The van der Waals surface area contributed by atoms with Gasteiger partial charge in [-0.1, -0.05) is 11.6 Å². The number of halogens is 1. The average molecular weight is 248 g/mol. The first-order valence-electron chi connectivity index (χ1n) is 4.89. The van der Waals surface area contributed by atoms with Crippen molar-refractivity contribution in [3.05, 3.63) is 5.15 Å². The average Bonchev–Trinajstić information content (AvgIpc) is 2.47. The first kappa shape index (κ1) is 11.1. The number of anilines is 1. The highest BCUT2D eigenvalue weighted by atomic mass is 35.5. The second kappa shape index (κ2) is 3.88. The van der Waals surface area contributed by atoms with E-state index < -0.39 is 0 Å². The molecule has 1 atom stereocenters. The molecule has 1 aliphatic heterocycles. The van der Waals surface area contributed by atoms with Crippen molar-refractivity contribution in [3.63, 3.8) is 0 Å². The summed E-state index contributed by atoms with van der Waals surface area (Å²) in [5, 5.41) is 0.491. The number of aromatic nitrogens is 2. The molecular weight excluding hydrogens is 234 g/mol. The van der Waals surface area contributed by atoms with Crippen LogP contribution in [0.4, 0.5) is 5.82 Å². The highest BCUT2D eigenvalue weighted by Gasteiger charge is 2.33. The van der Waals surface area contributed by atoms with Crippen molar-refractivity contribution in [2.75, 3.05) is 18.0 Å². The van der Waals surface area contributed by atoms with Gasteiger partial charge in [0.2, 0.25) is 0 Å². The van der Waals surface area contributed by atoms with E-state index >= 15 is 0 Å². The second-order valence-corrected chi connectivity index (χ2v) is 5.33. The molecule has 1 saturated heterocycles. The van der Waals surface area contributed by atoms with Crippen LogP contribution in [0, 0.1) is 0 Å². The van der Waals surface area contributed by atoms with Gasteiger partial charge in [0.1, 0.15) is 0 Å². The lowest BCUT2D eigenvalue weighted by molar-refractivity contribution is -0.0751. The molecule has 1 aromatic rings. The Hall–Kier alpha value is -0.390. The maximum absolute atomic E-state index is 5.97. The van der Waals surface area contributed by atoms with E-state index in [1.165, 1.54) is 0 Å². The highest BCUT2D eigenvalue weighted by Crippen LogP contribution is 2.29. The summed E-state index contributed by atoms with van der Waals surface area (Å²) in [6.45, 7) is 7.81. The van der Waals surface area contributed by atoms with E-state index in [1.807, 2.05) is 0 Å². The molecule has 2 heterocycles. The third-order valence-electron chi connectivity index (χ3n) is 2.30. The van der Waals surface area contributed by atoms with Gasteiger partial charge >= 0.3 is 0 Å². The summed E-state index contributed by atoms with van der Waals surface area (Å²) in [5.41, 5.74) is -0.162. The summed E-state index contributed by atoms with van der Waals surface area (Å²) in [6, 6.07) is 0. The van der Waals surface area contributed by atoms with Crippen molar-refractivity contribution in [1.82, 2.24) is 8.75 Å². The molecular formula is C9H14ClN3OS. The maximum Gasteiger partial charge on any atom is 0.187 e. The molecule has 6 heteroatoms. The molecule has 84 valence electrons. The van der Waals surface area contributed by atoms with E-state index in [9.17, 15) is 0 Å². The molecule has 0 bridgehead atoms. The van der Waals surface area contributed by atoms with Gasteiger partial charge in [-0.05, 0) is 20.8 Å². The first-order valence-corrected chi connectivity index (χ1v) is 5.99. The zero-order chi connectivity index (χ0) is 11.1. The smallest absolute Gasteiger partial charge is 0.187 e. The first-order chi connectivity index (χ1) is 6.98. The van der Waals surface area contributed by atoms with Crippen LogP contribution in [0.2, 0.25) is 5.15 Å². The van der Waals surface area contributed by atoms with E-state index in [1.54, 1.807) is 0 Å². The molecule has 1 unspecified atom stereocenters. The van der Waals surface area contributed by atoms with Gasteiger partial charge in [0.15, 0.2) is 11.0 Å². The molecule has 1 aliphatic rings. The summed E-state index contributed by atoms with van der Waals surface area (Å²) in [7, 11) is 0. The standard InChI is InChI=1S/C9H14ClN3OS/c1-6-4-13(5-9(2,3)14-6)8-7(10)11-15-12-8/h6H,4-5H2,1-3H3. The lowest BCUT2D eigenvalue weighted by Crippen LogP contribution is -2.52. The van der Waals surface area contributed by atoms with E-state index in [0.717, 1.165) is 30.6 Å². The lowest BCUT2D eigenvalue weighted by atomic mass is 10.1. The normalized spacial score (nSPS) is 25.6. The number of rotatable bonds is 1. The van der Waals surface area contributed by atoms with Crippen molar-refractivity contribution in [2.24, 2.45) is 0 Å². The topological polar surface area (TPSA) is 38.2 Å². The zero-order valence-corrected chi connectivity index (χ0v) is 10.6. The van der Waals surface area contributed by atoms with Crippen molar-refractivity contribution in [2.45, 2.75) is 32.5 Å². The number of ether oxygens (including phenoxy) is 1. The molecule has 1 aromatic heterocycles. The minimum atomic E-state index is -0.162. The van der Waals surface area contributed by atoms with Gasteiger partial charge in [-0.15, -0.1) is 0 Å². The Labute approximate surface area is 98.5 Å². The van der Waals surface area contributed by atoms with Crippen molar-refractivity contribution < 1.29 is 4.74 Å². The minimum absolute atomic E-state index is 0.162. The number of morpholine rings is 1. The quantitative estimate of drug-likeness (QED) is 0.763. The largest absolute Gasteiger partial charge is 0.369 e. The fraction of sp³-hybridized carbons (Fsp3) is 0.778. The minimum Gasteiger partial charge on any atom is -0.369 e. The molecule has 15 heavy (non-hydrogen) atoms. The van der Waals surface area contributed by atoms with Crippen LogP contribution in [0.25, 0.3) is 0 Å². The number of nitrogens with zero attached hydrogens (tertiary/aromatic N) is 3. The molecule has 0 aliphatic carbocycles. The fourth-order valence-corrected chi connectivity index (χ4v) is 2.75. The van der Waals surface area contributed by atoms with Crippen LogP contribution in [0.15, 0.2) is 0 Å². The third-order valence-corrected chi connectivity index (χ3v) is 3.17. The van der Waals surface area contributed by atoms with Crippen LogP contribution in [0.3, 0.4) is 0 Å². The Bertz CT molecular complexity index is 355. The molecule has 0 saturated carbocycles. The predicted molar refractivity (Wildman–Crippen MR) is 61.8 cm³/mol. The Balaban J connectivity index is 2.20. The van der Waals surface area contributed by atoms with E-state index in [2.05, 4.69) is 34.4 Å². The van der Waals surface area contributed by atoms with Crippen molar-refractivity contribution >= 4 is 29.1 Å². The number of hydrogen-bond donors (Lipinski definition) is 0. The van der Waals surface area contributed by atoms with Crippen molar-refractivity contribution in [1.29, 1.82) is 0 Å². The molecule has 1 fully saturated rings. The zero-order valence-electron chi connectivity index (χ0n) is 9.03. The van der Waals surface area contributed by atoms with E-state index in [0.29, 0.717) is 5.15 Å². The second-order valence-electron chi connectivity index (χ2n) is 4.45. The SMILES string of the molecule is CC1CN(c2nsnc2Cl)CC(C)(C)O1. The van der Waals surface area contributed by atoms with Crippen LogP contribution in [0.1, 0.15) is 20.8 Å². The van der Waals surface area contributed by atoms with Gasteiger partial charge in [-0.25, -0.2) is 0 Å². The van der Waals surface area contributed by atoms with E-state index in [-0.39, 0.29) is 11.7 Å². The summed E-state index contributed by atoms with van der Waals surface area (Å²) in [4.78, 5) is 2.14.